The first-order valence-electron chi connectivity index (χ1n) is 6.28. The molecule has 1 saturated heterocycles. The minimum atomic E-state index is 0.104. The molecule has 1 aromatic carbocycles. The molecular formula is C14H18N2O. The molecule has 0 N–H and O–H groups in total. The van der Waals surface area contributed by atoms with Crippen molar-refractivity contribution in [3.63, 3.8) is 0 Å². The summed E-state index contributed by atoms with van der Waals surface area (Å²) >= 11 is 0. The average Bonchev–Trinajstić information content (AvgIpc) is 2.72. The van der Waals surface area contributed by atoms with Gasteiger partial charge in [0.1, 0.15) is 0 Å². The maximum absolute atomic E-state index is 12.4. The Hall–Kier alpha value is -1.35. The van der Waals surface area contributed by atoms with Crippen LogP contribution in [0.25, 0.3) is 0 Å². The minimum absolute atomic E-state index is 0.104. The molecule has 1 aromatic rings. The van der Waals surface area contributed by atoms with Gasteiger partial charge in [0.25, 0.3) is 0 Å². The van der Waals surface area contributed by atoms with Gasteiger partial charge in [0.05, 0.1) is 6.04 Å². The third kappa shape index (κ3) is 1.65. The fourth-order valence-electron chi connectivity index (χ4n) is 3.02. The molecule has 3 rings (SSSR count). The minimum Gasteiger partial charge on any atom is -0.314 e. The quantitative estimate of drug-likeness (QED) is 0.680. The van der Waals surface area contributed by atoms with Crippen LogP contribution < -0.4 is 4.90 Å². The van der Waals surface area contributed by atoms with Crippen molar-refractivity contribution in [2.45, 2.75) is 32.4 Å². The molecule has 0 spiro atoms. The van der Waals surface area contributed by atoms with Crippen molar-refractivity contribution < 1.29 is 4.79 Å². The molecule has 0 aliphatic carbocycles. The molecule has 1 atom stereocenters. The molecule has 1 fully saturated rings. The van der Waals surface area contributed by atoms with Gasteiger partial charge >= 0.3 is 0 Å². The van der Waals surface area contributed by atoms with Crippen LogP contribution in [0.15, 0.2) is 18.2 Å². The molecule has 0 radical (unpaired) electrons. The van der Waals surface area contributed by atoms with Gasteiger partial charge in [-0.2, -0.15) is 0 Å². The van der Waals surface area contributed by atoms with Crippen molar-refractivity contribution in [2.24, 2.45) is 0 Å². The van der Waals surface area contributed by atoms with Crippen LogP contribution in [0, 0.1) is 6.92 Å². The number of fused-ring (bicyclic) bond motifs is 2. The van der Waals surface area contributed by atoms with Crippen molar-refractivity contribution in [2.75, 3.05) is 18.5 Å². The van der Waals surface area contributed by atoms with E-state index in [1.807, 2.05) is 11.9 Å². The van der Waals surface area contributed by atoms with Crippen molar-refractivity contribution in [1.29, 1.82) is 0 Å². The summed E-state index contributed by atoms with van der Waals surface area (Å²) in [6.45, 7) is 4.07. The molecule has 17 heavy (non-hydrogen) atoms. The SMILES string of the molecule is Cc1ccc2c(c1)CN1CCCC1C(=O)N2C. The zero-order valence-electron chi connectivity index (χ0n) is 10.4. The molecule has 90 valence electrons. The Labute approximate surface area is 102 Å². The Balaban J connectivity index is 2.08. The summed E-state index contributed by atoms with van der Waals surface area (Å²) in [5.41, 5.74) is 3.63. The van der Waals surface area contributed by atoms with Gasteiger partial charge in [0.15, 0.2) is 0 Å². The zero-order chi connectivity index (χ0) is 12.0. The van der Waals surface area contributed by atoms with Gasteiger partial charge in [0, 0.05) is 19.3 Å². The first-order valence-corrected chi connectivity index (χ1v) is 6.28. The number of carbonyl (C=O) groups is 1. The van der Waals surface area contributed by atoms with Crippen LogP contribution in [-0.4, -0.2) is 30.4 Å². The third-order valence-electron chi connectivity index (χ3n) is 3.95. The monoisotopic (exact) mass is 230 g/mol. The number of anilines is 1. The summed E-state index contributed by atoms with van der Waals surface area (Å²) in [7, 11) is 1.90. The molecule has 3 heteroatoms. The number of likely N-dealkylation sites (N-methyl/N-ethyl adjacent to an activating group) is 1. The number of hydrogen-bond donors (Lipinski definition) is 0. The number of nitrogens with zero attached hydrogens (tertiary/aromatic N) is 2. The van der Waals surface area contributed by atoms with Crippen molar-refractivity contribution in [1.82, 2.24) is 4.90 Å². The topological polar surface area (TPSA) is 23.6 Å². The number of rotatable bonds is 0. The number of aryl methyl sites for hydroxylation is 1. The van der Waals surface area contributed by atoms with Gasteiger partial charge in [0.2, 0.25) is 5.91 Å². The van der Waals surface area contributed by atoms with Crippen LogP contribution in [-0.2, 0) is 11.3 Å². The van der Waals surface area contributed by atoms with Gasteiger partial charge < -0.3 is 4.90 Å². The highest BCUT2D eigenvalue weighted by molar-refractivity contribution is 5.98. The van der Waals surface area contributed by atoms with E-state index in [0.717, 1.165) is 31.6 Å². The maximum Gasteiger partial charge on any atom is 0.244 e. The molecule has 2 aliphatic rings. The predicted molar refractivity (Wildman–Crippen MR) is 68.0 cm³/mol. The van der Waals surface area contributed by atoms with Crippen molar-refractivity contribution in [3.8, 4) is 0 Å². The largest absolute Gasteiger partial charge is 0.314 e. The molecule has 3 nitrogen and oxygen atoms in total. The lowest BCUT2D eigenvalue weighted by atomic mass is 10.1. The number of hydrogen-bond acceptors (Lipinski definition) is 2. The molecule has 0 saturated carbocycles. The molecular weight excluding hydrogens is 212 g/mol. The lowest BCUT2D eigenvalue weighted by Crippen LogP contribution is -2.41. The maximum atomic E-state index is 12.4. The average molecular weight is 230 g/mol. The highest BCUT2D eigenvalue weighted by Crippen LogP contribution is 2.31. The Bertz CT molecular complexity index is 469. The van der Waals surface area contributed by atoms with Gasteiger partial charge in [-0.25, -0.2) is 0 Å². The van der Waals surface area contributed by atoms with Crippen LogP contribution in [0.5, 0.6) is 0 Å². The summed E-state index contributed by atoms with van der Waals surface area (Å²) in [6, 6.07) is 6.47. The Kier molecular flexibility index (Phi) is 2.44. The van der Waals surface area contributed by atoms with Gasteiger partial charge in [-0.05, 0) is 37.9 Å². The molecule has 0 bridgehead atoms. The predicted octanol–water partition coefficient (Wildman–Crippen LogP) is 1.94. The third-order valence-corrected chi connectivity index (χ3v) is 3.95. The fraction of sp³-hybridized carbons (Fsp3) is 0.500. The fourth-order valence-corrected chi connectivity index (χ4v) is 3.02. The van der Waals surface area contributed by atoms with E-state index in [0.29, 0.717) is 0 Å². The first kappa shape index (κ1) is 10.8. The van der Waals surface area contributed by atoms with E-state index >= 15 is 0 Å². The molecule has 1 unspecified atom stereocenters. The lowest BCUT2D eigenvalue weighted by Gasteiger charge is -2.22. The standard InChI is InChI=1S/C14H18N2O/c1-10-5-6-12-11(8-10)9-16-7-3-4-13(16)14(17)15(12)2/h5-6,8,13H,3-4,7,9H2,1-2H3. The van der Waals surface area contributed by atoms with Crippen LogP contribution in [0.2, 0.25) is 0 Å². The van der Waals surface area contributed by atoms with E-state index in [1.165, 1.54) is 11.1 Å². The Morgan fingerprint density at radius 1 is 1.35 bits per heavy atom. The van der Waals surface area contributed by atoms with Crippen molar-refractivity contribution in [3.05, 3.63) is 29.3 Å². The smallest absolute Gasteiger partial charge is 0.244 e. The second-order valence-electron chi connectivity index (χ2n) is 5.16. The first-order chi connectivity index (χ1) is 8.16. The van der Waals surface area contributed by atoms with Crippen LogP contribution in [0.4, 0.5) is 5.69 Å². The summed E-state index contributed by atoms with van der Waals surface area (Å²) in [5, 5.41) is 0. The Morgan fingerprint density at radius 3 is 3.00 bits per heavy atom. The zero-order valence-corrected chi connectivity index (χ0v) is 10.4. The number of carbonyl (C=O) groups excluding carboxylic acids is 1. The van der Waals surface area contributed by atoms with E-state index in [9.17, 15) is 4.79 Å². The Morgan fingerprint density at radius 2 is 2.18 bits per heavy atom. The molecule has 1 amide bonds. The summed E-state index contributed by atoms with van der Waals surface area (Å²) in [4.78, 5) is 16.5. The second kappa shape index (κ2) is 3.84. The molecule has 2 aliphatic heterocycles. The van der Waals surface area contributed by atoms with Gasteiger partial charge in [-0.3, -0.25) is 9.69 Å². The van der Waals surface area contributed by atoms with E-state index in [1.54, 1.807) is 0 Å². The summed E-state index contributed by atoms with van der Waals surface area (Å²) < 4.78 is 0. The van der Waals surface area contributed by atoms with E-state index in [-0.39, 0.29) is 11.9 Å². The molecule has 0 aromatic heterocycles. The molecule has 2 heterocycles. The highest BCUT2D eigenvalue weighted by Gasteiger charge is 2.36. The number of benzene rings is 1. The number of amides is 1. The van der Waals surface area contributed by atoms with E-state index in [2.05, 4.69) is 30.0 Å². The van der Waals surface area contributed by atoms with Crippen LogP contribution in [0.1, 0.15) is 24.0 Å². The van der Waals surface area contributed by atoms with Crippen LogP contribution in [0.3, 0.4) is 0 Å². The van der Waals surface area contributed by atoms with Crippen LogP contribution >= 0.6 is 0 Å². The lowest BCUT2D eigenvalue weighted by molar-refractivity contribution is -0.122. The normalized spacial score (nSPS) is 24.5. The summed E-state index contributed by atoms with van der Waals surface area (Å²) in [5.74, 6) is 0.255. The second-order valence-corrected chi connectivity index (χ2v) is 5.16. The van der Waals surface area contributed by atoms with Crippen molar-refractivity contribution >= 4 is 11.6 Å². The summed E-state index contributed by atoms with van der Waals surface area (Å²) in [6.07, 6.45) is 2.15. The van der Waals surface area contributed by atoms with E-state index in [4.69, 9.17) is 0 Å². The van der Waals surface area contributed by atoms with Gasteiger partial charge in [-0.15, -0.1) is 0 Å². The highest BCUT2D eigenvalue weighted by atomic mass is 16.2. The van der Waals surface area contributed by atoms with Gasteiger partial charge in [-0.1, -0.05) is 17.7 Å². The van der Waals surface area contributed by atoms with E-state index < -0.39 is 0 Å².